The standard InChI is InChI=1S/C18H16FN5/c1-11-2-4-15(19)14(8-11)18-22-7-6-17(24-18)23-13-3-5-16(21)12(9-13)10-20/h2-10,20H,21H2,1H3,(H,22,23,24). The van der Waals surface area contributed by atoms with Crippen molar-refractivity contribution in [3.63, 3.8) is 0 Å². The van der Waals surface area contributed by atoms with Gasteiger partial charge in [-0.05, 0) is 43.3 Å². The third-order valence-corrected chi connectivity index (χ3v) is 3.53. The first-order valence-electron chi connectivity index (χ1n) is 7.33. The number of halogens is 1. The third kappa shape index (κ3) is 3.22. The van der Waals surface area contributed by atoms with Gasteiger partial charge in [-0.15, -0.1) is 0 Å². The molecule has 0 amide bonds. The van der Waals surface area contributed by atoms with E-state index in [2.05, 4.69) is 15.3 Å². The van der Waals surface area contributed by atoms with E-state index < -0.39 is 0 Å². The number of anilines is 3. The summed E-state index contributed by atoms with van der Waals surface area (Å²) in [7, 11) is 0. The fourth-order valence-electron chi connectivity index (χ4n) is 2.29. The second kappa shape index (κ2) is 6.45. The van der Waals surface area contributed by atoms with Gasteiger partial charge in [-0.1, -0.05) is 11.6 Å². The van der Waals surface area contributed by atoms with Gasteiger partial charge in [0, 0.05) is 29.3 Å². The van der Waals surface area contributed by atoms with Crippen molar-refractivity contribution in [2.24, 2.45) is 0 Å². The molecule has 0 aliphatic carbocycles. The Kier molecular flexibility index (Phi) is 4.20. The van der Waals surface area contributed by atoms with E-state index in [9.17, 15) is 4.39 Å². The Hall–Kier alpha value is -3.28. The van der Waals surface area contributed by atoms with Gasteiger partial charge in [-0.2, -0.15) is 0 Å². The molecular weight excluding hydrogens is 305 g/mol. The number of hydrogen-bond donors (Lipinski definition) is 3. The van der Waals surface area contributed by atoms with Crippen LogP contribution in [0.1, 0.15) is 11.1 Å². The van der Waals surface area contributed by atoms with Crippen LogP contribution < -0.4 is 11.1 Å². The molecule has 24 heavy (non-hydrogen) atoms. The summed E-state index contributed by atoms with van der Waals surface area (Å²) in [6, 6.07) is 11.8. The fraction of sp³-hybridized carbons (Fsp3) is 0.0556. The van der Waals surface area contributed by atoms with Gasteiger partial charge in [0.25, 0.3) is 0 Å². The Morgan fingerprint density at radius 2 is 2.00 bits per heavy atom. The number of nitrogens with two attached hydrogens (primary N) is 1. The van der Waals surface area contributed by atoms with Crippen molar-refractivity contribution in [1.82, 2.24) is 9.97 Å². The Morgan fingerprint density at radius 1 is 1.17 bits per heavy atom. The molecule has 0 aliphatic heterocycles. The number of aromatic nitrogens is 2. The lowest BCUT2D eigenvalue weighted by Crippen LogP contribution is -2.00. The van der Waals surface area contributed by atoms with Crippen LogP contribution in [0.15, 0.2) is 48.7 Å². The molecule has 0 unspecified atom stereocenters. The van der Waals surface area contributed by atoms with Gasteiger partial charge in [0.1, 0.15) is 11.6 Å². The van der Waals surface area contributed by atoms with Crippen LogP contribution in [0.2, 0.25) is 0 Å². The van der Waals surface area contributed by atoms with Crippen LogP contribution >= 0.6 is 0 Å². The molecule has 0 saturated heterocycles. The molecule has 1 heterocycles. The normalized spacial score (nSPS) is 10.4. The van der Waals surface area contributed by atoms with E-state index in [1.165, 1.54) is 12.3 Å². The molecule has 2 aromatic carbocycles. The number of nitrogens with one attached hydrogen (secondary N) is 2. The molecule has 1 aromatic heterocycles. The zero-order valence-corrected chi connectivity index (χ0v) is 13.0. The lowest BCUT2D eigenvalue weighted by Gasteiger charge is -2.09. The number of hydrogen-bond acceptors (Lipinski definition) is 5. The zero-order chi connectivity index (χ0) is 17.1. The molecule has 3 rings (SSSR count). The number of nitrogen functional groups attached to an aromatic ring is 1. The van der Waals surface area contributed by atoms with Gasteiger partial charge in [-0.25, -0.2) is 14.4 Å². The van der Waals surface area contributed by atoms with Crippen molar-refractivity contribution in [3.05, 3.63) is 65.6 Å². The SMILES string of the molecule is Cc1ccc(F)c(-c2nccc(Nc3ccc(N)c(C=N)c3)n2)c1. The minimum Gasteiger partial charge on any atom is -0.398 e. The van der Waals surface area contributed by atoms with Gasteiger partial charge < -0.3 is 16.5 Å². The van der Waals surface area contributed by atoms with Crippen molar-refractivity contribution < 1.29 is 4.39 Å². The zero-order valence-electron chi connectivity index (χ0n) is 13.0. The van der Waals surface area contributed by atoms with Crippen molar-refractivity contribution >= 4 is 23.4 Å². The van der Waals surface area contributed by atoms with Crippen molar-refractivity contribution in [1.29, 1.82) is 5.41 Å². The highest BCUT2D eigenvalue weighted by molar-refractivity contribution is 5.87. The summed E-state index contributed by atoms with van der Waals surface area (Å²) in [5, 5.41) is 10.5. The predicted molar refractivity (Wildman–Crippen MR) is 94.2 cm³/mol. The first-order chi connectivity index (χ1) is 11.6. The predicted octanol–water partition coefficient (Wildman–Crippen LogP) is 3.91. The summed E-state index contributed by atoms with van der Waals surface area (Å²) in [5.74, 6) is 0.474. The van der Waals surface area contributed by atoms with Crippen LogP contribution in [0.5, 0.6) is 0 Å². The van der Waals surface area contributed by atoms with E-state index in [-0.39, 0.29) is 5.82 Å². The highest BCUT2D eigenvalue weighted by Gasteiger charge is 2.09. The molecule has 6 heteroatoms. The largest absolute Gasteiger partial charge is 0.398 e. The van der Waals surface area contributed by atoms with E-state index in [0.29, 0.717) is 28.5 Å². The molecule has 0 radical (unpaired) electrons. The van der Waals surface area contributed by atoms with E-state index in [4.69, 9.17) is 11.1 Å². The first-order valence-corrected chi connectivity index (χ1v) is 7.33. The van der Waals surface area contributed by atoms with Crippen LogP contribution in [-0.2, 0) is 0 Å². The highest BCUT2D eigenvalue weighted by Crippen LogP contribution is 2.23. The van der Waals surface area contributed by atoms with Gasteiger partial charge in [-0.3, -0.25) is 0 Å². The number of aryl methyl sites for hydroxylation is 1. The number of benzene rings is 2. The topological polar surface area (TPSA) is 87.7 Å². The monoisotopic (exact) mass is 321 g/mol. The van der Waals surface area contributed by atoms with Gasteiger partial charge in [0.2, 0.25) is 0 Å². The molecule has 5 nitrogen and oxygen atoms in total. The lowest BCUT2D eigenvalue weighted by atomic mass is 10.1. The Labute approximate surface area is 138 Å². The van der Waals surface area contributed by atoms with Gasteiger partial charge >= 0.3 is 0 Å². The Balaban J connectivity index is 1.94. The van der Waals surface area contributed by atoms with Crippen LogP contribution in [0.25, 0.3) is 11.4 Å². The summed E-state index contributed by atoms with van der Waals surface area (Å²) < 4.78 is 14.0. The van der Waals surface area contributed by atoms with Crippen LogP contribution in [0, 0.1) is 18.2 Å². The van der Waals surface area contributed by atoms with E-state index in [0.717, 1.165) is 11.3 Å². The minimum atomic E-state index is -0.365. The highest BCUT2D eigenvalue weighted by atomic mass is 19.1. The van der Waals surface area contributed by atoms with Crippen molar-refractivity contribution in [2.45, 2.75) is 6.92 Å². The molecule has 3 aromatic rings. The van der Waals surface area contributed by atoms with Crippen LogP contribution in [0.4, 0.5) is 21.6 Å². The molecular formula is C18H16FN5. The average molecular weight is 321 g/mol. The maximum atomic E-state index is 14.0. The summed E-state index contributed by atoms with van der Waals surface area (Å²) in [4.78, 5) is 8.52. The van der Waals surface area contributed by atoms with E-state index in [1.54, 1.807) is 42.6 Å². The maximum absolute atomic E-state index is 14.0. The molecule has 4 N–H and O–H groups in total. The third-order valence-electron chi connectivity index (χ3n) is 3.53. The molecule has 0 aliphatic rings. The van der Waals surface area contributed by atoms with Gasteiger partial charge in [0.15, 0.2) is 5.82 Å². The molecule has 0 bridgehead atoms. The number of nitrogens with zero attached hydrogens (tertiary/aromatic N) is 2. The summed E-state index contributed by atoms with van der Waals surface area (Å²) in [5.41, 5.74) is 8.94. The number of rotatable bonds is 4. The van der Waals surface area contributed by atoms with Crippen LogP contribution in [0.3, 0.4) is 0 Å². The molecule has 120 valence electrons. The van der Waals surface area contributed by atoms with Gasteiger partial charge in [0.05, 0.1) is 5.56 Å². The van der Waals surface area contributed by atoms with E-state index >= 15 is 0 Å². The summed E-state index contributed by atoms with van der Waals surface area (Å²) in [6.45, 7) is 1.89. The van der Waals surface area contributed by atoms with Crippen molar-refractivity contribution in [3.8, 4) is 11.4 Å². The summed E-state index contributed by atoms with van der Waals surface area (Å²) in [6.07, 6.45) is 2.76. The Morgan fingerprint density at radius 3 is 2.79 bits per heavy atom. The fourth-order valence-corrected chi connectivity index (χ4v) is 2.29. The molecule has 0 spiro atoms. The van der Waals surface area contributed by atoms with Crippen molar-refractivity contribution in [2.75, 3.05) is 11.1 Å². The Bertz CT molecular complexity index is 908. The molecule has 0 atom stereocenters. The second-order valence-corrected chi connectivity index (χ2v) is 5.36. The second-order valence-electron chi connectivity index (χ2n) is 5.36. The summed E-state index contributed by atoms with van der Waals surface area (Å²) >= 11 is 0. The smallest absolute Gasteiger partial charge is 0.164 e. The lowest BCUT2D eigenvalue weighted by molar-refractivity contribution is 0.629. The first kappa shape index (κ1) is 15.6. The van der Waals surface area contributed by atoms with Crippen LogP contribution in [-0.4, -0.2) is 16.2 Å². The van der Waals surface area contributed by atoms with E-state index in [1.807, 2.05) is 6.92 Å². The average Bonchev–Trinajstić information content (AvgIpc) is 2.59. The minimum absolute atomic E-state index is 0.309. The quantitative estimate of drug-likeness (QED) is 0.502. The molecule has 0 fully saturated rings. The molecule has 0 saturated carbocycles. The maximum Gasteiger partial charge on any atom is 0.164 e.